The number of benzene rings is 2. The molecule has 25 heavy (non-hydrogen) atoms. The third-order valence-corrected chi connectivity index (χ3v) is 4.20. The number of carboxylic acid groups (broad SMARTS) is 1. The van der Waals surface area contributed by atoms with Crippen LogP contribution in [0.15, 0.2) is 53.7 Å². The van der Waals surface area contributed by atoms with Crippen LogP contribution in [0.4, 0.5) is 4.39 Å². The Balaban J connectivity index is 1.94. The Morgan fingerprint density at radius 2 is 1.96 bits per heavy atom. The molecule has 3 aromatic rings. The van der Waals surface area contributed by atoms with Gasteiger partial charge >= 0.3 is 5.97 Å². The second-order valence-electron chi connectivity index (χ2n) is 5.55. The van der Waals surface area contributed by atoms with Crippen LogP contribution in [0.2, 0.25) is 5.02 Å². The summed E-state index contributed by atoms with van der Waals surface area (Å²) >= 11 is 6.16. The Labute approximate surface area is 147 Å². The first kappa shape index (κ1) is 15.5. The predicted octanol–water partition coefficient (Wildman–Crippen LogP) is 3.71. The maximum atomic E-state index is 13.2. The number of carboxylic acids is 1. The van der Waals surface area contributed by atoms with E-state index in [9.17, 15) is 14.3 Å². The van der Waals surface area contributed by atoms with Gasteiger partial charge in [-0.25, -0.2) is 14.2 Å². The average Bonchev–Trinajstić information content (AvgIpc) is 2.95. The standard InChI is InChI=1S/C18H11ClFN3O2/c19-11-3-6-15-13(7-11)17(10-1-4-12(20)5-2-10)21-8-16-22-14(18(24)25)9-23(15)16/h1-7,9H,8H2,(H,24,25). The fourth-order valence-corrected chi connectivity index (χ4v) is 3.01. The fourth-order valence-electron chi connectivity index (χ4n) is 2.84. The molecule has 1 aromatic heterocycles. The quantitative estimate of drug-likeness (QED) is 0.762. The molecule has 0 aliphatic carbocycles. The number of rotatable bonds is 2. The highest BCUT2D eigenvalue weighted by Crippen LogP contribution is 2.28. The summed E-state index contributed by atoms with van der Waals surface area (Å²) < 4.78 is 15.0. The topological polar surface area (TPSA) is 67.5 Å². The summed E-state index contributed by atoms with van der Waals surface area (Å²) in [6.07, 6.45) is 1.47. The Morgan fingerprint density at radius 1 is 1.20 bits per heavy atom. The summed E-state index contributed by atoms with van der Waals surface area (Å²) in [4.78, 5) is 19.9. The van der Waals surface area contributed by atoms with E-state index in [0.717, 1.165) is 16.8 Å². The van der Waals surface area contributed by atoms with Crippen LogP contribution in [-0.4, -0.2) is 26.3 Å². The Kier molecular flexibility index (Phi) is 3.62. The zero-order valence-electron chi connectivity index (χ0n) is 12.8. The summed E-state index contributed by atoms with van der Waals surface area (Å²) in [6, 6.07) is 11.3. The lowest BCUT2D eigenvalue weighted by Gasteiger charge is -2.12. The smallest absolute Gasteiger partial charge is 0.356 e. The molecule has 0 saturated carbocycles. The molecule has 1 aliphatic heterocycles. The van der Waals surface area contributed by atoms with Gasteiger partial charge in [0.15, 0.2) is 5.69 Å². The van der Waals surface area contributed by atoms with E-state index in [4.69, 9.17) is 11.6 Å². The molecule has 7 heteroatoms. The van der Waals surface area contributed by atoms with Crippen LogP contribution >= 0.6 is 11.6 Å². The first-order valence-electron chi connectivity index (χ1n) is 7.45. The van der Waals surface area contributed by atoms with E-state index in [1.54, 1.807) is 34.9 Å². The fraction of sp³-hybridized carbons (Fsp3) is 0.0556. The van der Waals surface area contributed by atoms with Crippen molar-refractivity contribution in [2.45, 2.75) is 6.54 Å². The summed E-state index contributed by atoms with van der Waals surface area (Å²) in [5.74, 6) is -0.916. The minimum atomic E-state index is -1.10. The van der Waals surface area contributed by atoms with Crippen LogP contribution in [0.1, 0.15) is 27.4 Å². The van der Waals surface area contributed by atoms with Crippen LogP contribution in [0.5, 0.6) is 0 Å². The zero-order chi connectivity index (χ0) is 17.6. The molecule has 0 fully saturated rings. The number of carbonyl (C=O) groups is 1. The van der Waals surface area contributed by atoms with Crippen molar-refractivity contribution >= 4 is 23.3 Å². The van der Waals surface area contributed by atoms with Crippen molar-refractivity contribution in [3.05, 3.63) is 82.1 Å². The maximum absolute atomic E-state index is 13.2. The van der Waals surface area contributed by atoms with Gasteiger partial charge in [0, 0.05) is 22.3 Å². The lowest BCUT2D eigenvalue weighted by atomic mass is 10.0. The van der Waals surface area contributed by atoms with Crippen LogP contribution in [0.25, 0.3) is 5.69 Å². The highest BCUT2D eigenvalue weighted by atomic mass is 35.5. The number of fused-ring (bicyclic) bond motifs is 3. The zero-order valence-corrected chi connectivity index (χ0v) is 13.5. The maximum Gasteiger partial charge on any atom is 0.356 e. The second-order valence-corrected chi connectivity index (χ2v) is 5.99. The predicted molar refractivity (Wildman–Crippen MR) is 91.3 cm³/mol. The van der Waals surface area contributed by atoms with E-state index in [-0.39, 0.29) is 18.1 Å². The van der Waals surface area contributed by atoms with Gasteiger partial charge in [-0.15, -0.1) is 0 Å². The molecule has 5 nitrogen and oxygen atoms in total. The normalized spacial score (nSPS) is 12.8. The molecule has 0 radical (unpaired) electrons. The molecular weight excluding hydrogens is 345 g/mol. The van der Waals surface area contributed by atoms with Crippen LogP contribution < -0.4 is 0 Å². The molecule has 0 atom stereocenters. The number of hydrogen-bond donors (Lipinski definition) is 1. The van der Waals surface area contributed by atoms with Gasteiger partial charge in [0.2, 0.25) is 0 Å². The van der Waals surface area contributed by atoms with Crippen molar-refractivity contribution in [2.75, 3.05) is 0 Å². The minimum Gasteiger partial charge on any atom is -0.476 e. The SMILES string of the molecule is O=C(O)c1cn2c(n1)CN=C(c1ccc(F)cc1)c1cc(Cl)ccc1-2. The largest absolute Gasteiger partial charge is 0.476 e. The number of aromatic nitrogens is 2. The number of hydrogen-bond acceptors (Lipinski definition) is 3. The molecule has 4 rings (SSSR count). The molecule has 0 spiro atoms. The van der Waals surface area contributed by atoms with Gasteiger partial charge in [-0.2, -0.15) is 0 Å². The van der Waals surface area contributed by atoms with Crippen molar-refractivity contribution in [3.8, 4) is 5.69 Å². The molecule has 0 saturated heterocycles. The van der Waals surface area contributed by atoms with Gasteiger partial charge < -0.3 is 9.67 Å². The molecular formula is C18H11ClFN3O2. The van der Waals surface area contributed by atoms with E-state index in [2.05, 4.69) is 9.98 Å². The number of imidazole rings is 1. The van der Waals surface area contributed by atoms with Crippen molar-refractivity contribution in [3.63, 3.8) is 0 Å². The van der Waals surface area contributed by atoms with Crippen molar-refractivity contribution < 1.29 is 14.3 Å². The van der Waals surface area contributed by atoms with Crippen LogP contribution in [-0.2, 0) is 6.54 Å². The highest BCUT2D eigenvalue weighted by Gasteiger charge is 2.22. The lowest BCUT2D eigenvalue weighted by Crippen LogP contribution is -2.07. The molecule has 1 N–H and O–H groups in total. The van der Waals surface area contributed by atoms with Gasteiger partial charge in [-0.1, -0.05) is 11.6 Å². The summed E-state index contributed by atoms with van der Waals surface area (Å²) in [7, 11) is 0. The summed E-state index contributed by atoms with van der Waals surface area (Å²) in [5.41, 5.74) is 2.80. The van der Waals surface area contributed by atoms with Crippen molar-refractivity contribution in [2.24, 2.45) is 4.99 Å². The number of halogens is 2. The molecule has 1 aliphatic rings. The molecule has 2 heterocycles. The van der Waals surface area contributed by atoms with Crippen molar-refractivity contribution in [1.29, 1.82) is 0 Å². The number of aromatic carboxylic acids is 1. The summed E-state index contributed by atoms with van der Waals surface area (Å²) in [6.45, 7) is 0.201. The third-order valence-electron chi connectivity index (χ3n) is 3.97. The third kappa shape index (κ3) is 2.70. The van der Waals surface area contributed by atoms with Gasteiger partial charge in [0.25, 0.3) is 0 Å². The van der Waals surface area contributed by atoms with E-state index in [0.29, 0.717) is 16.6 Å². The Bertz CT molecular complexity index is 1030. The number of aliphatic imine (C=N–C) groups is 1. The van der Waals surface area contributed by atoms with Gasteiger partial charge in [-0.3, -0.25) is 4.99 Å². The molecule has 2 aromatic carbocycles. The van der Waals surface area contributed by atoms with Gasteiger partial charge in [0.1, 0.15) is 11.6 Å². The van der Waals surface area contributed by atoms with Crippen LogP contribution in [0.3, 0.4) is 0 Å². The first-order chi connectivity index (χ1) is 12.0. The highest BCUT2D eigenvalue weighted by molar-refractivity contribution is 6.31. The van der Waals surface area contributed by atoms with E-state index >= 15 is 0 Å². The lowest BCUT2D eigenvalue weighted by molar-refractivity contribution is 0.0691. The minimum absolute atomic E-state index is 0.0451. The van der Waals surface area contributed by atoms with Gasteiger partial charge in [0.05, 0.1) is 17.9 Å². The van der Waals surface area contributed by atoms with Gasteiger partial charge in [-0.05, 0) is 42.5 Å². The average molecular weight is 356 g/mol. The first-order valence-corrected chi connectivity index (χ1v) is 7.83. The second kappa shape index (κ2) is 5.82. The van der Waals surface area contributed by atoms with E-state index in [1.165, 1.54) is 18.3 Å². The molecule has 0 bridgehead atoms. The van der Waals surface area contributed by atoms with Crippen molar-refractivity contribution in [1.82, 2.24) is 9.55 Å². The van der Waals surface area contributed by atoms with E-state index in [1.807, 2.05) is 0 Å². The summed E-state index contributed by atoms with van der Waals surface area (Å²) in [5, 5.41) is 9.71. The van der Waals surface area contributed by atoms with Crippen LogP contribution in [0, 0.1) is 5.82 Å². The molecule has 0 unspecified atom stereocenters. The Morgan fingerprint density at radius 3 is 2.68 bits per heavy atom. The monoisotopic (exact) mass is 355 g/mol. The number of nitrogens with zero attached hydrogens (tertiary/aromatic N) is 3. The molecule has 124 valence electrons. The molecule has 0 amide bonds. The van der Waals surface area contributed by atoms with E-state index < -0.39 is 5.97 Å². The Hall–Kier alpha value is -2.99.